The van der Waals surface area contributed by atoms with Crippen molar-refractivity contribution in [3.8, 4) is 11.5 Å². The Kier molecular flexibility index (Phi) is 5.05. The van der Waals surface area contributed by atoms with E-state index in [-0.39, 0.29) is 23.3 Å². The van der Waals surface area contributed by atoms with Gasteiger partial charge in [-0.1, -0.05) is 18.2 Å². The number of pyridine rings is 1. The van der Waals surface area contributed by atoms with Crippen molar-refractivity contribution in [2.75, 3.05) is 5.73 Å². The lowest BCUT2D eigenvalue weighted by atomic mass is 10.0. The minimum atomic E-state index is -4.89. The van der Waals surface area contributed by atoms with Crippen LogP contribution < -0.4 is 20.9 Å². The summed E-state index contributed by atoms with van der Waals surface area (Å²) in [6.07, 6.45) is -0.273. The Labute approximate surface area is 171 Å². The fourth-order valence-electron chi connectivity index (χ4n) is 4.23. The lowest BCUT2D eigenvalue weighted by Crippen LogP contribution is -2.19. The molecule has 1 aromatic carbocycles. The van der Waals surface area contributed by atoms with Crippen molar-refractivity contribution in [1.29, 1.82) is 5.41 Å². The molecular formula is C21H21F3N4O2. The predicted molar refractivity (Wildman–Crippen MR) is 105 cm³/mol. The van der Waals surface area contributed by atoms with Crippen LogP contribution in [0.4, 0.5) is 19.0 Å². The molecule has 4 rings (SSSR count). The van der Waals surface area contributed by atoms with Crippen molar-refractivity contribution >= 4 is 11.5 Å². The maximum atomic E-state index is 12.5. The second-order valence-electron chi connectivity index (χ2n) is 7.59. The number of rotatable bonds is 6. The van der Waals surface area contributed by atoms with E-state index in [9.17, 15) is 13.2 Å². The molecule has 6 nitrogen and oxygen atoms in total. The number of nitrogen functional groups attached to an aromatic ring is 1. The van der Waals surface area contributed by atoms with Crippen LogP contribution in [0.2, 0.25) is 0 Å². The van der Waals surface area contributed by atoms with E-state index in [0.29, 0.717) is 17.5 Å². The minimum absolute atomic E-state index is 0.0471. The van der Waals surface area contributed by atoms with E-state index >= 15 is 0 Å². The number of para-hydroxylation sites is 1. The molecule has 2 aliphatic carbocycles. The maximum Gasteiger partial charge on any atom is 0.573 e. The number of anilines is 1. The molecule has 158 valence electrons. The average Bonchev–Trinajstić information content (AvgIpc) is 3.19. The third-order valence-electron chi connectivity index (χ3n) is 5.56. The van der Waals surface area contributed by atoms with Crippen molar-refractivity contribution in [3.05, 3.63) is 59.9 Å². The van der Waals surface area contributed by atoms with Gasteiger partial charge in [-0.2, -0.15) is 0 Å². The van der Waals surface area contributed by atoms with Gasteiger partial charge in [0.2, 0.25) is 0 Å². The first kappa shape index (κ1) is 20.1. The van der Waals surface area contributed by atoms with Gasteiger partial charge in [0.1, 0.15) is 5.75 Å². The van der Waals surface area contributed by atoms with Gasteiger partial charge in [-0.3, -0.25) is 0 Å². The number of aromatic nitrogens is 1. The second kappa shape index (κ2) is 7.55. The molecule has 2 aliphatic rings. The molecule has 1 aromatic heterocycles. The summed E-state index contributed by atoms with van der Waals surface area (Å²) in [4.78, 5) is 3.68. The molecule has 2 saturated carbocycles. The zero-order valence-electron chi connectivity index (χ0n) is 15.9. The zero-order chi connectivity index (χ0) is 21.5. The molecule has 2 fully saturated rings. The molecule has 0 bridgehead atoms. The SMILES string of the molecule is N=C(/C=C(\N)C1C2CC(Oc3ccccc3)CC21)c1cnc(N)c(OC(F)(F)F)c1. The number of alkyl halides is 3. The number of nitrogens with one attached hydrogen (secondary N) is 1. The highest BCUT2D eigenvalue weighted by Crippen LogP contribution is 2.60. The van der Waals surface area contributed by atoms with Crippen LogP contribution in [0.5, 0.6) is 11.5 Å². The van der Waals surface area contributed by atoms with E-state index in [1.807, 2.05) is 30.3 Å². The lowest BCUT2D eigenvalue weighted by Gasteiger charge is -2.17. The fraction of sp³-hybridized carbons (Fsp3) is 0.333. The van der Waals surface area contributed by atoms with Crippen LogP contribution in [0, 0.1) is 23.2 Å². The van der Waals surface area contributed by atoms with E-state index in [1.54, 1.807) is 0 Å². The number of hydrogen-bond acceptors (Lipinski definition) is 6. The quantitative estimate of drug-likeness (QED) is 0.617. The monoisotopic (exact) mass is 418 g/mol. The summed E-state index contributed by atoms with van der Waals surface area (Å²) in [6, 6.07) is 10.7. The van der Waals surface area contributed by atoms with Crippen LogP contribution in [0.15, 0.2) is 54.4 Å². The van der Waals surface area contributed by atoms with Crippen LogP contribution in [0.1, 0.15) is 18.4 Å². The van der Waals surface area contributed by atoms with Crippen molar-refractivity contribution in [1.82, 2.24) is 4.98 Å². The van der Waals surface area contributed by atoms with Gasteiger partial charge in [0.15, 0.2) is 11.6 Å². The molecule has 0 radical (unpaired) electrons. The number of ether oxygens (including phenoxy) is 2. The first-order valence-electron chi connectivity index (χ1n) is 9.50. The standard InChI is InChI=1S/C21H21F3N4O2/c22-21(23,24)30-18-6-11(10-28-20(18)27)16(25)9-17(26)19-14-7-13(8-15(14)19)29-12-4-2-1-3-5-12/h1-6,9-10,13-15,19,25H,7-8,26H2,(H2,27,28)/b17-9-,25-16?. The first-order valence-corrected chi connectivity index (χ1v) is 9.50. The van der Waals surface area contributed by atoms with Crippen LogP contribution in [-0.2, 0) is 0 Å². The maximum absolute atomic E-state index is 12.5. The second-order valence-corrected chi connectivity index (χ2v) is 7.59. The van der Waals surface area contributed by atoms with E-state index in [4.69, 9.17) is 21.6 Å². The minimum Gasteiger partial charge on any atom is -0.490 e. The summed E-state index contributed by atoms with van der Waals surface area (Å²) < 4.78 is 47.3. The largest absolute Gasteiger partial charge is 0.573 e. The number of nitrogens with two attached hydrogens (primary N) is 2. The van der Waals surface area contributed by atoms with E-state index in [1.165, 1.54) is 12.3 Å². The summed E-state index contributed by atoms with van der Waals surface area (Å²) in [5.41, 5.74) is 12.3. The van der Waals surface area contributed by atoms with Gasteiger partial charge in [-0.25, -0.2) is 4.98 Å². The van der Waals surface area contributed by atoms with Gasteiger partial charge >= 0.3 is 6.36 Å². The summed E-state index contributed by atoms with van der Waals surface area (Å²) in [5, 5.41) is 8.18. The van der Waals surface area contributed by atoms with Crippen LogP contribution in [0.3, 0.4) is 0 Å². The Hall–Kier alpha value is -3.23. The molecule has 2 atom stereocenters. The van der Waals surface area contributed by atoms with E-state index < -0.39 is 17.9 Å². The number of halogens is 3. The Bertz CT molecular complexity index is 966. The topological polar surface area (TPSA) is 107 Å². The van der Waals surface area contributed by atoms with Gasteiger partial charge in [-0.05, 0) is 49.0 Å². The molecule has 30 heavy (non-hydrogen) atoms. The predicted octanol–water partition coefficient (Wildman–Crippen LogP) is 3.88. The number of nitrogens with zero attached hydrogens (tertiary/aromatic N) is 1. The molecular weight excluding hydrogens is 397 g/mol. The summed E-state index contributed by atoms with van der Waals surface area (Å²) in [7, 11) is 0. The highest BCUT2D eigenvalue weighted by atomic mass is 19.4. The molecule has 2 aromatic rings. The molecule has 5 N–H and O–H groups in total. The summed E-state index contributed by atoms with van der Waals surface area (Å²) in [6.45, 7) is 0. The highest BCUT2D eigenvalue weighted by Gasteiger charge is 2.57. The third-order valence-corrected chi connectivity index (χ3v) is 5.56. The van der Waals surface area contributed by atoms with Crippen molar-refractivity contribution < 1.29 is 22.6 Å². The Balaban J connectivity index is 1.37. The van der Waals surface area contributed by atoms with Crippen molar-refractivity contribution in [2.24, 2.45) is 23.5 Å². The Morgan fingerprint density at radius 3 is 2.47 bits per heavy atom. The van der Waals surface area contributed by atoms with E-state index in [0.717, 1.165) is 24.7 Å². The molecule has 0 spiro atoms. The Morgan fingerprint density at radius 1 is 1.17 bits per heavy atom. The molecule has 0 saturated heterocycles. The molecule has 1 heterocycles. The van der Waals surface area contributed by atoms with Crippen LogP contribution in [0.25, 0.3) is 0 Å². The molecule has 2 unspecified atom stereocenters. The van der Waals surface area contributed by atoms with E-state index in [2.05, 4.69) is 9.72 Å². The average molecular weight is 418 g/mol. The van der Waals surface area contributed by atoms with Crippen LogP contribution in [-0.4, -0.2) is 23.2 Å². The number of fused-ring (bicyclic) bond motifs is 1. The van der Waals surface area contributed by atoms with Crippen molar-refractivity contribution in [3.63, 3.8) is 0 Å². The number of allylic oxidation sites excluding steroid dienone is 2. The van der Waals surface area contributed by atoms with Gasteiger partial charge in [0, 0.05) is 23.4 Å². The third kappa shape index (κ3) is 4.34. The lowest BCUT2D eigenvalue weighted by molar-refractivity contribution is -0.274. The van der Waals surface area contributed by atoms with Gasteiger partial charge in [-0.15, -0.1) is 13.2 Å². The Morgan fingerprint density at radius 2 is 1.83 bits per heavy atom. The van der Waals surface area contributed by atoms with Crippen LogP contribution >= 0.6 is 0 Å². The highest BCUT2D eigenvalue weighted by molar-refractivity contribution is 6.07. The molecule has 0 aliphatic heterocycles. The normalized spacial score (nSPS) is 25.5. The summed E-state index contributed by atoms with van der Waals surface area (Å²) in [5.74, 6) is 0.766. The molecule has 9 heteroatoms. The zero-order valence-corrected chi connectivity index (χ0v) is 15.9. The summed E-state index contributed by atoms with van der Waals surface area (Å²) >= 11 is 0. The van der Waals surface area contributed by atoms with Crippen molar-refractivity contribution in [2.45, 2.75) is 25.3 Å². The number of benzene rings is 1. The first-order chi connectivity index (χ1) is 14.2. The smallest absolute Gasteiger partial charge is 0.490 e. The number of hydrogen-bond donors (Lipinski definition) is 3. The molecule has 0 amide bonds. The van der Waals surface area contributed by atoms with Gasteiger partial charge < -0.3 is 26.4 Å². The van der Waals surface area contributed by atoms with Gasteiger partial charge in [0.05, 0.1) is 11.8 Å². The fourth-order valence-corrected chi connectivity index (χ4v) is 4.23. The van der Waals surface area contributed by atoms with Gasteiger partial charge in [0.25, 0.3) is 0 Å².